The monoisotopic (exact) mass is 257 g/mol. The summed E-state index contributed by atoms with van der Waals surface area (Å²) in [4.78, 5) is 22.1. The van der Waals surface area contributed by atoms with E-state index in [1.807, 2.05) is 0 Å². The molecular weight excluding hydrogens is 250 g/mol. The molecular formula is C10H8ClNO5. The van der Waals surface area contributed by atoms with Gasteiger partial charge in [-0.15, -0.1) is 0 Å². The van der Waals surface area contributed by atoms with Gasteiger partial charge < -0.3 is 19.9 Å². The molecule has 1 unspecified atom stereocenters. The molecule has 0 aromatic heterocycles. The maximum Gasteiger partial charge on any atom is 0.354 e. The minimum absolute atomic E-state index is 0.207. The van der Waals surface area contributed by atoms with Crippen molar-refractivity contribution in [3.63, 3.8) is 0 Å². The van der Waals surface area contributed by atoms with Crippen LogP contribution in [0.1, 0.15) is 0 Å². The highest BCUT2D eigenvalue weighted by atomic mass is 35.5. The number of aliphatic carboxylic acids is 1. The van der Waals surface area contributed by atoms with E-state index < -0.39 is 18.0 Å². The van der Waals surface area contributed by atoms with Gasteiger partial charge in [-0.3, -0.25) is 4.79 Å². The Balaban J connectivity index is 2.42. The molecule has 1 amide bonds. The summed E-state index contributed by atoms with van der Waals surface area (Å²) in [6, 6.07) is 2.86. The fourth-order valence-electron chi connectivity index (χ4n) is 1.43. The van der Waals surface area contributed by atoms with E-state index in [1.165, 1.54) is 19.2 Å². The number of fused-ring (bicyclic) bond motifs is 1. The average molecular weight is 258 g/mol. The van der Waals surface area contributed by atoms with Crippen LogP contribution in [0.3, 0.4) is 0 Å². The number of benzene rings is 1. The predicted octanol–water partition coefficient (Wildman–Crippen LogP) is 1.13. The van der Waals surface area contributed by atoms with E-state index in [4.69, 9.17) is 26.2 Å². The molecule has 17 heavy (non-hydrogen) atoms. The summed E-state index contributed by atoms with van der Waals surface area (Å²) in [6.07, 6.45) is -1.56. The van der Waals surface area contributed by atoms with E-state index in [0.717, 1.165) is 0 Å². The van der Waals surface area contributed by atoms with Crippen molar-refractivity contribution in [2.45, 2.75) is 6.10 Å². The van der Waals surface area contributed by atoms with E-state index >= 15 is 0 Å². The summed E-state index contributed by atoms with van der Waals surface area (Å²) in [5.74, 6) is -1.56. The lowest BCUT2D eigenvalue weighted by molar-refractivity contribution is -0.149. The van der Waals surface area contributed by atoms with Crippen LogP contribution >= 0.6 is 11.6 Å². The predicted molar refractivity (Wildman–Crippen MR) is 58.7 cm³/mol. The number of carbonyl (C=O) groups is 2. The van der Waals surface area contributed by atoms with Crippen LogP contribution in [-0.4, -0.2) is 30.2 Å². The molecule has 7 heteroatoms. The molecule has 1 aliphatic rings. The van der Waals surface area contributed by atoms with E-state index in [-0.39, 0.29) is 5.75 Å². The lowest BCUT2D eigenvalue weighted by Gasteiger charge is -2.23. The summed E-state index contributed by atoms with van der Waals surface area (Å²) in [7, 11) is 1.42. The van der Waals surface area contributed by atoms with Crippen molar-refractivity contribution in [3.05, 3.63) is 17.2 Å². The minimum atomic E-state index is -1.56. The first-order valence-electron chi connectivity index (χ1n) is 4.61. The van der Waals surface area contributed by atoms with Gasteiger partial charge in [0, 0.05) is 6.07 Å². The molecule has 2 N–H and O–H groups in total. The first-order valence-corrected chi connectivity index (χ1v) is 4.98. The van der Waals surface area contributed by atoms with Crippen molar-refractivity contribution in [2.24, 2.45) is 0 Å². The number of rotatable bonds is 2. The number of carboxylic acids is 1. The summed E-state index contributed by atoms with van der Waals surface area (Å²) in [6.45, 7) is 0. The van der Waals surface area contributed by atoms with Crippen molar-refractivity contribution in [1.82, 2.24) is 0 Å². The number of methoxy groups -OCH3 is 1. The van der Waals surface area contributed by atoms with Gasteiger partial charge in [0.05, 0.1) is 17.8 Å². The molecule has 0 saturated carbocycles. The lowest BCUT2D eigenvalue weighted by atomic mass is 10.2. The second-order valence-corrected chi connectivity index (χ2v) is 3.72. The molecule has 0 radical (unpaired) electrons. The Morgan fingerprint density at radius 3 is 2.88 bits per heavy atom. The Morgan fingerprint density at radius 1 is 1.59 bits per heavy atom. The number of amides is 1. The van der Waals surface area contributed by atoms with Gasteiger partial charge in [0.2, 0.25) is 0 Å². The highest BCUT2D eigenvalue weighted by Gasteiger charge is 2.34. The molecule has 1 aromatic carbocycles. The van der Waals surface area contributed by atoms with Crippen molar-refractivity contribution in [1.29, 1.82) is 0 Å². The fraction of sp³-hybridized carbons (Fsp3) is 0.200. The first kappa shape index (κ1) is 11.5. The molecule has 1 atom stereocenters. The summed E-state index contributed by atoms with van der Waals surface area (Å²) >= 11 is 5.86. The van der Waals surface area contributed by atoms with Crippen LogP contribution in [0, 0.1) is 0 Å². The van der Waals surface area contributed by atoms with Crippen LogP contribution in [0.5, 0.6) is 11.5 Å². The number of hydrogen-bond acceptors (Lipinski definition) is 4. The zero-order valence-electron chi connectivity index (χ0n) is 8.69. The Morgan fingerprint density at radius 2 is 2.29 bits per heavy atom. The molecule has 6 nitrogen and oxygen atoms in total. The summed E-state index contributed by atoms with van der Waals surface area (Å²) in [5, 5.41) is 11.5. The zero-order chi connectivity index (χ0) is 12.6. The van der Waals surface area contributed by atoms with Crippen molar-refractivity contribution in [3.8, 4) is 11.5 Å². The lowest BCUT2D eigenvalue weighted by Crippen LogP contribution is -2.42. The Bertz CT molecular complexity index is 502. The maximum absolute atomic E-state index is 11.4. The molecule has 0 spiro atoms. The SMILES string of the molecule is COc1cc2c(cc1Cl)NC(=O)C(C(=O)O)O2. The number of halogens is 1. The number of hydrogen-bond donors (Lipinski definition) is 2. The van der Waals surface area contributed by atoms with Crippen LogP contribution in [0.4, 0.5) is 5.69 Å². The number of nitrogens with one attached hydrogen (secondary N) is 1. The Kier molecular flexibility index (Phi) is 2.81. The molecule has 90 valence electrons. The van der Waals surface area contributed by atoms with Gasteiger partial charge in [-0.05, 0) is 6.07 Å². The number of anilines is 1. The van der Waals surface area contributed by atoms with Crippen LogP contribution in [0.15, 0.2) is 12.1 Å². The summed E-state index contributed by atoms with van der Waals surface area (Å²) in [5.41, 5.74) is 0.318. The normalized spacial score (nSPS) is 17.8. The quantitative estimate of drug-likeness (QED) is 0.776. The molecule has 0 saturated heterocycles. The maximum atomic E-state index is 11.4. The van der Waals surface area contributed by atoms with Gasteiger partial charge >= 0.3 is 5.97 Å². The zero-order valence-corrected chi connectivity index (χ0v) is 9.45. The summed E-state index contributed by atoms with van der Waals surface area (Å²) < 4.78 is 10.0. The standard InChI is InChI=1S/C10H8ClNO5/c1-16-6-3-7-5(2-4(6)11)12-9(13)8(17-7)10(14)15/h2-3,8H,1H3,(H,12,13)(H,14,15). The average Bonchev–Trinajstić information content (AvgIpc) is 2.27. The van der Waals surface area contributed by atoms with Gasteiger partial charge in [0.1, 0.15) is 11.5 Å². The molecule has 0 aliphatic carbocycles. The second-order valence-electron chi connectivity index (χ2n) is 3.31. The van der Waals surface area contributed by atoms with Gasteiger partial charge in [-0.1, -0.05) is 11.6 Å². The third-order valence-corrected chi connectivity index (χ3v) is 2.51. The van der Waals surface area contributed by atoms with Crippen LogP contribution in [0.25, 0.3) is 0 Å². The highest BCUT2D eigenvalue weighted by Crippen LogP contribution is 2.38. The largest absolute Gasteiger partial charge is 0.495 e. The van der Waals surface area contributed by atoms with Crippen molar-refractivity contribution < 1.29 is 24.2 Å². The smallest absolute Gasteiger partial charge is 0.354 e. The third-order valence-electron chi connectivity index (χ3n) is 2.22. The van der Waals surface area contributed by atoms with Crippen molar-refractivity contribution >= 4 is 29.2 Å². The first-order chi connectivity index (χ1) is 8.02. The second kappa shape index (κ2) is 4.14. The number of ether oxygens (including phenoxy) is 2. The molecule has 0 fully saturated rings. The Hall–Kier alpha value is -1.95. The van der Waals surface area contributed by atoms with Crippen LogP contribution in [-0.2, 0) is 9.59 Å². The van der Waals surface area contributed by atoms with E-state index in [1.54, 1.807) is 0 Å². The van der Waals surface area contributed by atoms with Gasteiger partial charge in [-0.2, -0.15) is 0 Å². The number of carboxylic acid groups (broad SMARTS) is 1. The van der Waals surface area contributed by atoms with Crippen molar-refractivity contribution in [2.75, 3.05) is 12.4 Å². The van der Waals surface area contributed by atoms with Crippen LogP contribution < -0.4 is 14.8 Å². The van der Waals surface area contributed by atoms with Gasteiger partial charge in [0.25, 0.3) is 12.0 Å². The van der Waals surface area contributed by atoms with Gasteiger partial charge in [-0.25, -0.2) is 4.79 Å². The Labute approximate surface area is 101 Å². The molecule has 1 heterocycles. The minimum Gasteiger partial charge on any atom is -0.495 e. The topological polar surface area (TPSA) is 84.9 Å². The van der Waals surface area contributed by atoms with E-state index in [2.05, 4.69) is 5.32 Å². The number of carbonyl (C=O) groups excluding carboxylic acids is 1. The molecule has 2 rings (SSSR count). The van der Waals surface area contributed by atoms with Gasteiger partial charge in [0.15, 0.2) is 0 Å². The molecule has 1 aliphatic heterocycles. The molecule has 1 aromatic rings. The molecule has 0 bridgehead atoms. The third kappa shape index (κ3) is 1.99. The fourth-order valence-corrected chi connectivity index (χ4v) is 1.67. The highest BCUT2D eigenvalue weighted by molar-refractivity contribution is 6.32. The van der Waals surface area contributed by atoms with Crippen LogP contribution in [0.2, 0.25) is 5.02 Å². The van der Waals surface area contributed by atoms with E-state index in [0.29, 0.717) is 16.5 Å². The van der Waals surface area contributed by atoms with E-state index in [9.17, 15) is 9.59 Å².